The van der Waals surface area contributed by atoms with Gasteiger partial charge in [0, 0.05) is 11.3 Å². The molecule has 4 heterocycles. The van der Waals surface area contributed by atoms with E-state index in [0.29, 0.717) is 11.3 Å². The van der Waals surface area contributed by atoms with Gasteiger partial charge in [0.05, 0.1) is 32.8 Å². The van der Waals surface area contributed by atoms with E-state index in [9.17, 15) is 18.6 Å². The minimum atomic E-state index is -4.32. The number of imidazole rings is 1. The summed E-state index contributed by atoms with van der Waals surface area (Å²) in [4.78, 5) is 12.0. The van der Waals surface area contributed by atoms with E-state index in [2.05, 4.69) is 19.7 Å². The fraction of sp³-hybridized carbons (Fsp3) is 0.421. The molecule has 182 valence electrons. The zero-order valence-corrected chi connectivity index (χ0v) is 18.6. The van der Waals surface area contributed by atoms with Crippen LogP contribution in [0, 0.1) is 0 Å². The Kier molecular flexibility index (Phi) is 5.44. The van der Waals surface area contributed by atoms with Gasteiger partial charge < -0.3 is 31.2 Å². The van der Waals surface area contributed by atoms with Crippen LogP contribution >= 0.6 is 0 Å². The monoisotopic (exact) mass is 493 g/mol. The number of aliphatic hydroxyl groups excluding tert-OH is 1. The molecule has 0 aliphatic carbocycles. The van der Waals surface area contributed by atoms with Crippen molar-refractivity contribution in [2.24, 2.45) is 0 Å². The van der Waals surface area contributed by atoms with Crippen molar-refractivity contribution in [3.63, 3.8) is 0 Å². The highest BCUT2D eigenvalue weighted by atomic mass is 32.2. The second-order valence-corrected chi connectivity index (χ2v) is 9.57. The van der Waals surface area contributed by atoms with Gasteiger partial charge in [-0.2, -0.15) is 13.1 Å². The van der Waals surface area contributed by atoms with Crippen LogP contribution < -0.4 is 16.2 Å². The van der Waals surface area contributed by atoms with Gasteiger partial charge in [-0.25, -0.2) is 15.0 Å². The van der Waals surface area contributed by atoms with Crippen molar-refractivity contribution < 1.29 is 32.3 Å². The highest BCUT2D eigenvalue weighted by Crippen LogP contribution is 2.35. The van der Waals surface area contributed by atoms with Crippen LogP contribution in [-0.4, -0.2) is 76.8 Å². The van der Waals surface area contributed by atoms with Gasteiger partial charge in [-0.3, -0.25) is 8.75 Å². The summed E-state index contributed by atoms with van der Waals surface area (Å²) >= 11 is 0. The summed E-state index contributed by atoms with van der Waals surface area (Å²) < 4.78 is 44.9. The number of nitrogens with zero attached hydrogens (tertiary/aromatic N) is 4. The number of nitrogens with two attached hydrogens (primary N) is 2. The predicted octanol–water partition coefficient (Wildman–Crippen LogP) is -1.83. The zero-order valence-electron chi connectivity index (χ0n) is 17.7. The number of hydrogen-bond acceptors (Lipinski definition) is 12. The second-order valence-electron chi connectivity index (χ2n) is 8.22. The first-order valence-corrected chi connectivity index (χ1v) is 11.6. The summed E-state index contributed by atoms with van der Waals surface area (Å²) in [5.41, 5.74) is 10.1. The maximum absolute atomic E-state index is 12.7. The summed E-state index contributed by atoms with van der Waals surface area (Å²) in [6.07, 6.45) is -0.301. The number of rotatable bonds is 7. The molecule has 5 rings (SSSR count). The largest absolute Gasteiger partial charge is 0.398 e. The minimum absolute atomic E-state index is 0.0742. The Morgan fingerprint density at radius 3 is 2.68 bits per heavy atom. The molecule has 0 bridgehead atoms. The number of nitrogen functional groups attached to an aromatic ring is 2. The third-order valence-electron chi connectivity index (χ3n) is 6.00. The van der Waals surface area contributed by atoms with Gasteiger partial charge in [0.1, 0.15) is 29.6 Å². The normalized spacial score (nSPS) is 26.5. The molecular formula is C19H23N7O7S. The third kappa shape index (κ3) is 3.67. The van der Waals surface area contributed by atoms with E-state index in [0.717, 1.165) is 0 Å². The molecule has 7 N–H and O–H groups in total. The van der Waals surface area contributed by atoms with E-state index in [1.54, 1.807) is 24.3 Å². The van der Waals surface area contributed by atoms with E-state index in [-0.39, 0.29) is 36.8 Å². The highest BCUT2D eigenvalue weighted by Gasteiger charge is 2.51. The van der Waals surface area contributed by atoms with Gasteiger partial charge >= 0.3 is 10.3 Å². The molecule has 3 aromatic rings. The van der Waals surface area contributed by atoms with Crippen LogP contribution in [0.3, 0.4) is 0 Å². The molecule has 0 unspecified atom stereocenters. The maximum Gasteiger partial charge on any atom is 0.336 e. The summed E-state index contributed by atoms with van der Waals surface area (Å²) in [6.45, 7) is -0.789. The first kappa shape index (κ1) is 22.9. The summed E-state index contributed by atoms with van der Waals surface area (Å²) in [5.74, 6) is 0.103. The molecule has 2 aliphatic heterocycles. The van der Waals surface area contributed by atoms with Crippen LogP contribution in [-0.2, 0) is 35.2 Å². The Balaban J connectivity index is 1.30. The molecule has 0 amide bonds. The van der Waals surface area contributed by atoms with Crippen molar-refractivity contribution in [3.05, 3.63) is 42.5 Å². The summed E-state index contributed by atoms with van der Waals surface area (Å²) in [6, 6.07) is 6.84. The molecule has 0 spiro atoms. The number of nitrogens with one attached hydrogen (secondary N) is 1. The Morgan fingerprint density at radius 1 is 1.21 bits per heavy atom. The lowest BCUT2D eigenvalue weighted by molar-refractivity contribution is -0.109. The van der Waals surface area contributed by atoms with E-state index in [1.807, 2.05) is 0 Å². The number of benzene rings is 1. The fourth-order valence-corrected chi connectivity index (χ4v) is 5.20. The maximum atomic E-state index is 12.7. The molecule has 2 saturated heterocycles. The van der Waals surface area contributed by atoms with Crippen molar-refractivity contribution in [3.8, 4) is 0 Å². The smallest absolute Gasteiger partial charge is 0.336 e. The number of anilines is 2. The molecule has 0 radical (unpaired) electrons. The minimum Gasteiger partial charge on any atom is -0.398 e. The highest BCUT2D eigenvalue weighted by molar-refractivity contribution is 7.84. The lowest BCUT2D eigenvalue weighted by Crippen LogP contribution is -2.60. The summed E-state index contributed by atoms with van der Waals surface area (Å²) in [7, 11) is -4.32. The molecule has 1 aromatic carbocycles. The van der Waals surface area contributed by atoms with Crippen molar-refractivity contribution in [1.82, 2.24) is 24.2 Å². The van der Waals surface area contributed by atoms with E-state index >= 15 is 0 Å². The molecule has 2 fully saturated rings. The van der Waals surface area contributed by atoms with Gasteiger partial charge in [0.15, 0.2) is 17.2 Å². The average Bonchev–Trinajstić information content (AvgIpc) is 3.34. The number of para-hydroxylation sites is 1. The molecule has 15 heteroatoms. The Hall–Kier alpha value is -2.92. The number of ether oxygens (including phenoxy) is 2. The molecule has 14 nitrogen and oxygen atoms in total. The lowest BCUT2D eigenvalue weighted by Gasteiger charge is -2.42. The van der Waals surface area contributed by atoms with Crippen molar-refractivity contribution in [2.75, 3.05) is 37.9 Å². The van der Waals surface area contributed by atoms with Gasteiger partial charge in [-0.05, 0) is 6.07 Å². The SMILES string of the molecule is Nc1ccccc1C1(NS(=O)(=O)OC[C@H]2OC[C@](O)(n3cnc4c(N)ncnc43)[C@@H]2O)COC1. The average molecular weight is 494 g/mol. The van der Waals surface area contributed by atoms with Crippen LogP contribution in [0.4, 0.5) is 11.5 Å². The number of aliphatic hydroxyl groups is 2. The van der Waals surface area contributed by atoms with Crippen molar-refractivity contribution >= 4 is 33.0 Å². The third-order valence-corrected chi connectivity index (χ3v) is 7.08. The van der Waals surface area contributed by atoms with Gasteiger partial charge in [-0.15, -0.1) is 0 Å². The molecule has 2 aliphatic rings. The first-order valence-electron chi connectivity index (χ1n) is 10.2. The first-order chi connectivity index (χ1) is 16.2. The standard InChI is InChI=1S/C19H23N7O7S/c20-12-4-2-1-3-11(12)18(6-31-7-18)25-34(29,30)33-5-13-15(27)19(28,8-32-13)26-10-24-14-16(21)22-9-23-17(14)26/h1-4,9-10,13,15,25,27-28H,5-8,20H2,(H2,21,22,23)/t13-,15-,19-/m1/s1. The van der Waals surface area contributed by atoms with Gasteiger partial charge in [0.25, 0.3) is 0 Å². The van der Waals surface area contributed by atoms with Crippen LogP contribution in [0.1, 0.15) is 5.56 Å². The lowest BCUT2D eigenvalue weighted by atomic mass is 9.88. The van der Waals surface area contributed by atoms with Crippen molar-refractivity contribution in [1.29, 1.82) is 0 Å². The zero-order chi connectivity index (χ0) is 24.1. The fourth-order valence-electron chi connectivity index (χ4n) is 4.13. The predicted molar refractivity (Wildman–Crippen MR) is 117 cm³/mol. The molecular weight excluding hydrogens is 470 g/mol. The van der Waals surface area contributed by atoms with E-state index in [1.165, 1.54) is 17.2 Å². The van der Waals surface area contributed by atoms with Gasteiger partial charge in [-0.1, -0.05) is 18.2 Å². The van der Waals surface area contributed by atoms with Crippen LogP contribution in [0.25, 0.3) is 11.2 Å². The van der Waals surface area contributed by atoms with Gasteiger partial charge in [0.2, 0.25) is 0 Å². The Bertz CT molecular complexity index is 1330. The number of hydrogen-bond donors (Lipinski definition) is 5. The van der Waals surface area contributed by atoms with Crippen LogP contribution in [0.2, 0.25) is 0 Å². The second kappa shape index (κ2) is 8.09. The van der Waals surface area contributed by atoms with Crippen molar-refractivity contribution in [2.45, 2.75) is 23.5 Å². The molecule has 2 aromatic heterocycles. The molecule has 34 heavy (non-hydrogen) atoms. The van der Waals surface area contributed by atoms with Crippen LogP contribution in [0.5, 0.6) is 0 Å². The Morgan fingerprint density at radius 2 is 1.97 bits per heavy atom. The van der Waals surface area contributed by atoms with E-state index < -0.39 is 40.4 Å². The number of fused-ring (bicyclic) bond motifs is 1. The Labute approximate surface area is 193 Å². The summed E-state index contributed by atoms with van der Waals surface area (Å²) in [5, 5.41) is 21.9. The number of aromatic nitrogens is 4. The molecule has 3 atom stereocenters. The van der Waals surface area contributed by atoms with E-state index in [4.69, 9.17) is 25.1 Å². The topological polar surface area (TPSA) is 210 Å². The van der Waals surface area contributed by atoms with Crippen LogP contribution in [0.15, 0.2) is 36.9 Å². The quantitative estimate of drug-likeness (QED) is 0.230. The molecule has 0 saturated carbocycles.